The number of hydrogen-bond acceptors (Lipinski definition) is 9. The summed E-state index contributed by atoms with van der Waals surface area (Å²) in [5.74, 6) is 3.78. The molecule has 1 saturated heterocycles. The molecule has 0 saturated carbocycles. The van der Waals surface area contributed by atoms with Gasteiger partial charge in [-0.05, 0) is 67.7 Å². The molecule has 5 rings (SSSR count). The molecule has 0 unspecified atom stereocenters. The summed E-state index contributed by atoms with van der Waals surface area (Å²) in [7, 11) is 0. The average molecular weight is 531 g/mol. The number of nitriles is 1. The summed E-state index contributed by atoms with van der Waals surface area (Å²) in [6, 6.07) is 12.9. The molecule has 0 aliphatic carbocycles. The molecule has 1 N–H and O–H groups in total. The number of nitro groups is 1. The third-order valence-corrected chi connectivity index (χ3v) is 8.03. The normalized spacial score (nSPS) is 15.9. The van der Waals surface area contributed by atoms with Gasteiger partial charge in [-0.15, -0.1) is 0 Å². The van der Waals surface area contributed by atoms with Crippen LogP contribution in [0.25, 0.3) is 0 Å². The maximum atomic E-state index is 10.9. The minimum Gasteiger partial charge on any atom is -0.438 e. The number of ether oxygens (including phenoxy) is 1. The predicted molar refractivity (Wildman–Crippen MR) is 148 cm³/mol. The van der Waals surface area contributed by atoms with Gasteiger partial charge in [-0.25, -0.2) is 4.98 Å². The van der Waals surface area contributed by atoms with Crippen LogP contribution in [-0.4, -0.2) is 44.7 Å². The molecule has 9 nitrogen and oxygen atoms in total. The van der Waals surface area contributed by atoms with Crippen LogP contribution < -0.4 is 10.1 Å². The molecule has 0 amide bonds. The fourth-order valence-corrected chi connectivity index (χ4v) is 6.00. The first-order chi connectivity index (χ1) is 18.4. The number of aryl methyl sites for hydroxylation is 3. The summed E-state index contributed by atoms with van der Waals surface area (Å²) in [4.78, 5) is 22.6. The monoisotopic (exact) mass is 530 g/mol. The number of nitrogens with zero attached hydrogens (tertiary/aromatic N) is 5. The number of benzene rings is 2. The van der Waals surface area contributed by atoms with Crippen LogP contribution in [0.15, 0.2) is 36.4 Å². The molecule has 2 aliphatic rings. The van der Waals surface area contributed by atoms with E-state index in [0.717, 1.165) is 84.1 Å². The first-order valence-corrected chi connectivity index (χ1v) is 13.9. The number of hydrogen-bond donors (Lipinski definition) is 1. The summed E-state index contributed by atoms with van der Waals surface area (Å²) < 4.78 is 6.41. The van der Waals surface area contributed by atoms with E-state index in [1.54, 1.807) is 12.1 Å². The molecule has 1 fully saturated rings. The first-order valence-electron chi connectivity index (χ1n) is 12.8. The van der Waals surface area contributed by atoms with Crippen molar-refractivity contribution in [3.05, 3.63) is 80.0 Å². The highest BCUT2D eigenvalue weighted by atomic mass is 32.2. The number of anilines is 1. The number of rotatable bonds is 7. The Labute approximate surface area is 226 Å². The standard InChI is InChI=1S/C28H30N6O3S/c1-18-13-21(15-29)14-19(2)26(18)37-27-24-17-38-12-9-25(24)31-28(32-27)30-22-7-10-33(11-8-22)16-20-3-5-23(6-4-20)34(35)36/h3-6,13-14,22H,7-12,16-17H2,1-2H3,(H,30,31,32). The number of piperidine rings is 1. The smallest absolute Gasteiger partial charge is 0.269 e. The lowest BCUT2D eigenvalue weighted by molar-refractivity contribution is -0.384. The SMILES string of the molecule is Cc1cc(C#N)cc(C)c1Oc1nc(NC2CCN(Cc3ccc([N+](=O)[O-])cc3)CC2)nc2c1CSCC2. The Morgan fingerprint density at radius 1 is 1.18 bits per heavy atom. The quantitative estimate of drug-likeness (QED) is 0.311. The van der Waals surface area contributed by atoms with E-state index in [0.29, 0.717) is 17.4 Å². The Balaban J connectivity index is 1.27. The third-order valence-electron chi connectivity index (χ3n) is 7.05. The Kier molecular flexibility index (Phi) is 7.77. The van der Waals surface area contributed by atoms with Gasteiger partial charge in [0.2, 0.25) is 11.8 Å². The molecular formula is C28H30N6O3S. The maximum absolute atomic E-state index is 10.9. The summed E-state index contributed by atoms with van der Waals surface area (Å²) in [5, 5.41) is 23.7. The van der Waals surface area contributed by atoms with Gasteiger partial charge in [-0.1, -0.05) is 12.1 Å². The molecule has 0 bridgehead atoms. The lowest BCUT2D eigenvalue weighted by Gasteiger charge is -2.32. The summed E-state index contributed by atoms with van der Waals surface area (Å²) in [6.07, 6.45) is 2.78. The van der Waals surface area contributed by atoms with Gasteiger partial charge in [0.25, 0.3) is 5.69 Å². The second-order valence-corrected chi connectivity index (χ2v) is 11.0. The number of non-ortho nitro benzene ring substituents is 1. The van der Waals surface area contributed by atoms with E-state index < -0.39 is 0 Å². The molecule has 2 aliphatic heterocycles. The van der Waals surface area contributed by atoms with Crippen molar-refractivity contribution in [1.82, 2.24) is 14.9 Å². The van der Waals surface area contributed by atoms with Gasteiger partial charge in [0.1, 0.15) is 5.75 Å². The van der Waals surface area contributed by atoms with Crippen molar-refractivity contribution in [1.29, 1.82) is 5.26 Å². The number of nitro benzene ring substituents is 1. The molecule has 0 atom stereocenters. The highest BCUT2D eigenvalue weighted by molar-refractivity contribution is 7.98. The summed E-state index contributed by atoms with van der Waals surface area (Å²) in [6.45, 7) is 6.52. The summed E-state index contributed by atoms with van der Waals surface area (Å²) >= 11 is 1.86. The fourth-order valence-electron chi connectivity index (χ4n) is 5.02. The van der Waals surface area contributed by atoms with Crippen molar-refractivity contribution in [3.8, 4) is 17.7 Å². The number of likely N-dealkylation sites (tertiary alicyclic amines) is 1. The zero-order chi connectivity index (χ0) is 26.6. The van der Waals surface area contributed by atoms with E-state index >= 15 is 0 Å². The van der Waals surface area contributed by atoms with Crippen LogP contribution in [0.3, 0.4) is 0 Å². The van der Waals surface area contributed by atoms with Crippen LogP contribution in [-0.2, 0) is 18.7 Å². The fraction of sp³-hybridized carbons (Fsp3) is 0.393. The number of thioether (sulfide) groups is 1. The minimum absolute atomic E-state index is 0.119. The van der Waals surface area contributed by atoms with Crippen LogP contribution in [0.2, 0.25) is 0 Å². The summed E-state index contributed by atoms with van der Waals surface area (Å²) in [5.41, 5.74) is 5.72. The van der Waals surface area contributed by atoms with Crippen LogP contribution in [0.1, 0.15) is 46.4 Å². The first kappa shape index (κ1) is 25.9. The Bertz CT molecular complexity index is 1360. The second kappa shape index (κ2) is 11.4. The third kappa shape index (κ3) is 5.90. The Morgan fingerprint density at radius 3 is 2.55 bits per heavy atom. The Hall–Kier alpha value is -3.68. The minimum atomic E-state index is -0.369. The number of fused-ring (bicyclic) bond motifs is 1. The predicted octanol–water partition coefficient (Wildman–Crippen LogP) is 5.53. The highest BCUT2D eigenvalue weighted by Gasteiger charge is 2.24. The maximum Gasteiger partial charge on any atom is 0.269 e. The van der Waals surface area contributed by atoms with Gasteiger partial charge >= 0.3 is 0 Å². The molecule has 0 spiro atoms. The lowest BCUT2D eigenvalue weighted by Crippen LogP contribution is -2.39. The molecule has 2 aromatic carbocycles. The van der Waals surface area contributed by atoms with Crippen molar-refractivity contribution >= 4 is 23.4 Å². The molecule has 0 radical (unpaired) electrons. The van der Waals surface area contributed by atoms with E-state index in [1.807, 2.05) is 49.9 Å². The van der Waals surface area contributed by atoms with Crippen molar-refractivity contribution < 1.29 is 9.66 Å². The van der Waals surface area contributed by atoms with Crippen LogP contribution in [0, 0.1) is 35.3 Å². The van der Waals surface area contributed by atoms with E-state index in [9.17, 15) is 15.4 Å². The van der Waals surface area contributed by atoms with Crippen molar-refractivity contribution in [3.63, 3.8) is 0 Å². The van der Waals surface area contributed by atoms with Gasteiger partial charge in [0.05, 0.1) is 22.2 Å². The zero-order valence-electron chi connectivity index (χ0n) is 21.6. The molecule has 196 valence electrons. The number of aromatic nitrogens is 2. The van der Waals surface area contributed by atoms with Crippen molar-refractivity contribution in [2.45, 2.75) is 51.4 Å². The van der Waals surface area contributed by atoms with Gasteiger partial charge in [-0.2, -0.15) is 22.0 Å². The molecular weight excluding hydrogens is 500 g/mol. The molecule has 3 heterocycles. The van der Waals surface area contributed by atoms with Gasteiger partial charge in [0, 0.05) is 49.1 Å². The van der Waals surface area contributed by atoms with E-state index in [4.69, 9.17) is 14.7 Å². The van der Waals surface area contributed by atoms with E-state index in [2.05, 4.69) is 16.3 Å². The average Bonchev–Trinajstić information content (AvgIpc) is 2.92. The number of nitrogens with one attached hydrogen (secondary N) is 1. The lowest BCUT2D eigenvalue weighted by atomic mass is 10.0. The zero-order valence-corrected chi connectivity index (χ0v) is 22.4. The topological polar surface area (TPSA) is 117 Å². The highest BCUT2D eigenvalue weighted by Crippen LogP contribution is 2.36. The van der Waals surface area contributed by atoms with Gasteiger partial charge in [0.15, 0.2) is 0 Å². The molecule has 10 heteroatoms. The second-order valence-electron chi connectivity index (χ2n) is 9.85. The molecule has 1 aromatic heterocycles. The van der Waals surface area contributed by atoms with E-state index in [-0.39, 0.29) is 16.7 Å². The van der Waals surface area contributed by atoms with Crippen LogP contribution in [0.5, 0.6) is 11.6 Å². The molecule has 38 heavy (non-hydrogen) atoms. The molecule has 3 aromatic rings. The largest absolute Gasteiger partial charge is 0.438 e. The van der Waals surface area contributed by atoms with Crippen molar-refractivity contribution in [2.75, 3.05) is 24.2 Å². The van der Waals surface area contributed by atoms with Crippen LogP contribution >= 0.6 is 11.8 Å². The van der Waals surface area contributed by atoms with Crippen LogP contribution in [0.4, 0.5) is 11.6 Å². The van der Waals surface area contributed by atoms with Gasteiger partial charge in [-0.3, -0.25) is 15.0 Å². The van der Waals surface area contributed by atoms with E-state index in [1.165, 1.54) is 0 Å². The van der Waals surface area contributed by atoms with Gasteiger partial charge < -0.3 is 10.1 Å². The Morgan fingerprint density at radius 2 is 1.89 bits per heavy atom. The van der Waals surface area contributed by atoms with Crippen molar-refractivity contribution in [2.24, 2.45) is 0 Å².